The molecule has 1 fully saturated rings. The molecule has 5 heteroatoms. The third kappa shape index (κ3) is 4.81. The predicted octanol–water partition coefficient (Wildman–Crippen LogP) is 3.42. The molecule has 0 saturated heterocycles. The number of hydrogen-bond acceptors (Lipinski definition) is 3. The van der Waals surface area contributed by atoms with Crippen LogP contribution in [0.5, 0.6) is 0 Å². The van der Waals surface area contributed by atoms with Gasteiger partial charge in [0, 0.05) is 18.3 Å². The van der Waals surface area contributed by atoms with Crippen LogP contribution in [0.15, 0.2) is 18.2 Å². The molecule has 1 aromatic carbocycles. The van der Waals surface area contributed by atoms with Crippen molar-refractivity contribution in [2.75, 3.05) is 12.4 Å². The largest absolute Gasteiger partial charge is 0.365 e. The first-order chi connectivity index (χ1) is 11.5. The molecule has 2 rings (SSSR count). The van der Waals surface area contributed by atoms with Gasteiger partial charge in [0.05, 0.1) is 6.10 Å². The molecule has 5 nitrogen and oxygen atoms in total. The zero-order chi connectivity index (χ0) is 17.5. The molecule has 0 aromatic heterocycles. The Morgan fingerprint density at radius 2 is 1.96 bits per heavy atom. The highest BCUT2D eigenvalue weighted by Crippen LogP contribution is 2.23. The molecule has 0 unspecified atom stereocenters. The normalized spacial score (nSPS) is 16.5. The Morgan fingerprint density at radius 3 is 2.54 bits per heavy atom. The lowest BCUT2D eigenvalue weighted by molar-refractivity contribution is -0.132. The van der Waals surface area contributed by atoms with E-state index in [4.69, 9.17) is 4.74 Å². The van der Waals surface area contributed by atoms with Crippen molar-refractivity contribution in [3.8, 4) is 0 Å². The van der Waals surface area contributed by atoms with Gasteiger partial charge in [-0.3, -0.25) is 9.59 Å². The number of aryl methyl sites for hydroxylation is 1. The second-order valence-corrected chi connectivity index (χ2v) is 6.39. The molecule has 0 radical (unpaired) electrons. The van der Waals surface area contributed by atoms with Gasteiger partial charge < -0.3 is 15.4 Å². The number of benzene rings is 1. The average molecular weight is 332 g/mol. The van der Waals surface area contributed by atoms with Crippen molar-refractivity contribution < 1.29 is 14.3 Å². The highest BCUT2D eigenvalue weighted by molar-refractivity contribution is 5.97. The van der Waals surface area contributed by atoms with Crippen LogP contribution in [0.2, 0.25) is 0 Å². The van der Waals surface area contributed by atoms with E-state index >= 15 is 0 Å². The van der Waals surface area contributed by atoms with Crippen LogP contribution >= 0.6 is 0 Å². The molecule has 1 aliphatic carbocycles. The van der Waals surface area contributed by atoms with Crippen LogP contribution in [0, 0.1) is 6.92 Å². The van der Waals surface area contributed by atoms with Gasteiger partial charge in [0.15, 0.2) is 0 Å². The van der Waals surface area contributed by atoms with Crippen LogP contribution in [-0.2, 0) is 9.53 Å². The van der Waals surface area contributed by atoms with E-state index in [0.29, 0.717) is 12.0 Å². The number of hydrogen-bond donors (Lipinski definition) is 2. The molecule has 2 amide bonds. The Kier molecular flexibility index (Phi) is 6.79. The Balaban J connectivity index is 2.00. The van der Waals surface area contributed by atoms with Gasteiger partial charge in [-0.1, -0.05) is 26.2 Å². The van der Waals surface area contributed by atoms with Crippen LogP contribution < -0.4 is 10.6 Å². The fourth-order valence-corrected chi connectivity index (χ4v) is 3.08. The molecule has 1 aromatic rings. The smallest absolute Gasteiger partial charge is 0.253 e. The molecule has 0 aliphatic heterocycles. The maximum Gasteiger partial charge on any atom is 0.253 e. The lowest BCUT2D eigenvalue weighted by atomic mass is 9.97. The summed E-state index contributed by atoms with van der Waals surface area (Å²) < 4.78 is 6.02. The second kappa shape index (κ2) is 8.83. The number of ether oxygens (including phenoxy) is 1. The summed E-state index contributed by atoms with van der Waals surface area (Å²) in [5.41, 5.74) is 2.16. The standard InChI is InChI=1S/C19H28N2O3/c1-4-17(24-15-8-6-5-7-9-15)19(23)21-16-11-10-14(12-13(16)2)18(22)20-3/h10-12,15,17H,4-9H2,1-3H3,(H,20,22)(H,21,23)/t17-/m1/s1. The van der Waals surface area contributed by atoms with E-state index in [1.807, 2.05) is 13.8 Å². The lowest BCUT2D eigenvalue weighted by Crippen LogP contribution is -2.34. The van der Waals surface area contributed by atoms with E-state index in [9.17, 15) is 9.59 Å². The van der Waals surface area contributed by atoms with Gasteiger partial charge in [-0.05, 0) is 49.9 Å². The molecule has 1 aliphatic rings. The first kappa shape index (κ1) is 18.5. The summed E-state index contributed by atoms with van der Waals surface area (Å²) in [4.78, 5) is 24.2. The lowest BCUT2D eigenvalue weighted by Gasteiger charge is -2.26. The van der Waals surface area contributed by atoms with Crippen molar-refractivity contribution in [3.63, 3.8) is 0 Å². The van der Waals surface area contributed by atoms with Crippen molar-refractivity contribution in [3.05, 3.63) is 29.3 Å². The SMILES string of the molecule is CC[C@@H](OC1CCCCC1)C(=O)Nc1ccc(C(=O)NC)cc1C. The third-order valence-corrected chi connectivity index (χ3v) is 4.55. The minimum Gasteiger partial charge on any atom is -0.365 e. The number of nitrogens with one attached hydrogen (secondary N) is 2. The van der Waals surface area contributed by atoms with Crippen LogP contribution in [0.3, 0.4) is 0 Å². The zero-order valence-corrected chi connectivity index (χ0v) is 14.9. The van der Waals surface area contributed by atoms with E-state index in [-0.39, 0.29) is 17.9 Å². The maximum atomic E-state index is 12.5. The molecule has 0 heterocycles. The predicted molar refractivity (Wildman–Crippen MR) is 95.2 cm³/mol. The molecule has 132 valence electrons. The van der Waals surface area contributed by atoms with E-state index < -0.39 is 6.10 Å². The van der Waals surface area contributed by atoms with Crippen LogP contribution in [0.1, 0.15) is 61.4 Å². The van der Waals surface area contributed by atoms with Gasteiger partial charge in [0.1, 0.15) is 6.10 Å². The van der Waals surface area contributed by atoms with Gasteiger partial charge in [0.25, 0.3) is 11.8 Å². The third-order valence-electron chi connectivity index (χ3n) is 4.55. The Hall–Kier alpha value is -1.88. The first-order valence-electron chi connectivity index (χ1n) is 8.84. The van der Waals surface area contributed by atoms with Crippen LogP contribution in [0.25, 0.3) is 0 Å². The van der Waals surface area contributed by atoms with E-state index in [1.165, 1.54) is 19.3 Å². The quantitative estimate of drug-likeness (QED) is 0.839. The topological polar surface area (TPSA) is 67.4 Å². The number of carbonyl (C=O) groups is 2. The molecule has 0 spiro atoms. The van der Waals surface area contributed by atoms with Crippen LogP contribution in [0.4, 0.5) is 5.69 Å². The van der Waals surface area contributed by atoms with Crippen molar-refractivity contribution in [2.24, 2.45) is 0 Å². The zero-order valence-electron chi connectivity index (χ0n) is 14.9. The summed E-state index contributed by atoms with van der Waals surface area (Å²) in [6.07, 6.45) is 6.15. The molecule has 0 bridgehead atoms. The van der Waals surface area contributed by atoms with Crippen molar-refractivity contribution in [1.29, 1.82) is 0 Å². The van der Waals surface area contributed by atoms with Crippen molar-refractivity contribution in [1.82, 2.24) is 5.32 Å². The molecule has 1 saturated carbocycles. The summed E-state index contributed by atoms with van der Waals surface area (Å²) in [5.74, 6) is -0.248. The molecule has 1 atom stereocenters. The summed E-state index contributed by atoms with van der Waals surface area (Å²) in [5, 5.41) is 5.53. The average Bonchev–Trinajstić information content (AvgIpc) is 2.61. The van der Waals surface area contributed by atoms with Gasteiger partial charge >= 0.3 is 0 Å². The summed E-state index contributed by atoms with van der Waals surface area (Å²) in [7, 11) is 1.60. The number of anilines is 1. The molecular weight excluding hydrogens is 304 g/mol. The summed E-state index contributed by atoms with van der Waals surface area (Å²) in [6, 6.07) is 5.26. The van der Waals surface area contributed by atoms with Gasteiger partial charge in [-0.25, -0.2) is 0 Å². The Labute approximate surface area is 144 Å². The van der Waals surface area contributed by atoms with Crippen LogP contribution in [-0.4, -0.2) is 31.1 Å². The van der Waals surface area contributed by atoms with Gasteiger partial charge in [-0.2, -0.15) is 0 Å². The Bertz CT molecular complexity index is 580. The Morgan fingerprint density at radius 1 is 1.25 bits per heavy atom. The second-order valence-electron chi connectivity index (χ2n) is 6.39. The first-order valence-corrected chi connectivity index (χ1v) is 8.84. The summed E-state index contributed by atoms with van der Waals surface area (Å²) in [6.45, 7) is 3.85. The van der Waals surface area contributed by atoms with Gasteiger partial charge in [-0.15, -0.1) is 0 Å². The fraction of sp³-hybridized carbons (Fsp3) is 0.579. The number of carbonyl (C=O) groups excluding carboxylic acids is 2. The molecular formula is C19H28N2O3. The minimum absolute atomic E-state index is 0.112. The molecule has 2 N–H and O–H groups in total. The minimum atomic E-state index is -0.425. The number of amides is 2. The summed E-state index contributed by atoms with van der Waals surface area (Å²) >= 11 is 0. The van der Waals surface area contributed by atoms with Gasteiger partial charge in [0.2, 0.25) is 0 Å². The van der Waals surface area contributed by atoms with Crippen molar-refractivity contribution >= 4 is 17.5 Å². The maximum absolute atomic E-state index is 12.5. The van der Waals surface area contributed by atoms with E-state index in [2.05, 4.69) is 10.6 Å². The fourth-order valence-electron chi connectivity index (χ4n) is 3.08. The monoisotopic (exact) mass is 332 g/mol. The van der Waals surface area contributed by atoms with E-state index in [1.54, 1.807) is 25.2 Å². The molecule has 24 heavy (non-hydrogen) atoms. The number of rotatable bonds is 6. The van der Waals surface area contributed by atoms with E-state index in [0.717, 1.165) is 24.1 Å². The highest BCUT2D eigenvalue weighted by atomic mass is 16.5. The van der Waals surface area contributed by atoms with Crippen molar-refractivity contribution in [2.45, 2.75) is 64.6 Å². The highest BCUT2D eigenvalue weighted by Gasteiger charge is 2.23.